The van der Waals surface area contributed by atoms with Gasteiger partial charge in [-0.2, -0.15) is 0 Å². The largest absolute Gasteiger partial charge is 0.368 e. The van der Waals surface area contributed by atoms with Crippen molar-refractivity contribution in [2.45, 2.75) is 36.7 Å². The van der Waals surface area contributed by atoms with Crippen molar-refractivity contribution in [1.29, 1.82) is 0 Å². The molecule has 0 radical (unpaired) electrons. The second-order valence-corrected chi connectivity index (χ2v) is 9.08. The molecule has 3 amide bonds. The fourth-order valence-electron chi connectivity index (χ4n) is 2.89. The number of amides is 3. The summed E-state index contributed by atoms with van der Waals surface area (Å²) >= 11 is 0. The van der Waals surface area contributed by atoms with Crippen LogP contribution in [-0.2, 0) is 30.6 Å². The third kappa shape index (κ3) is 7.49. The van der Waals surface area contributed by atoms with E-state index in [0.717, 1.165) is 0 Å². The molecule has 0 saturated carbocycles. The second kappa shape index (κ2) is 10.7. The van der Waals surface area contributed by atoms with Gasteiger partial charge in [0.1, 0.15) is 17.9 Å². The highest BCUT2D eigenvalue weighted by atomic mass is 32.2. The van der Waals surface area contributed by atoms with Crippen LogP contribution in [-0.4, -0.2) is 44.0 Å². The fourth-order valence-corrected chi connectivity index (χ4v) is 4.24. The van der Waals surface area contributed by atoms with Crippen molar-refractivity contribution in [3.05, 3.63) is 66.0 Å². The normalized spacial score (nSPS) is 13.1. The van der Waals surface area contributed by atoms with Crippen molar-refractivity contribution < 1.29 is 27.2 Å². The van der Waals surface area contributed by atoms with Gasteiger partial charge < -0.3 is 16.4 Å². The molecular weight excluding hydrogens is 425 g/mol. The molecule has 0 aliphatic rings. The minimum Gasteiger partial charge on any atom is -0.368 e. The summed E-state index contributed by atoms with van der Waals surface area (Å²) in [6.07, 6.45) is -0.193. The molecule has 0 aliphatic heterocycles. The van der Waals surface area contributed by atoms with Crippen LogP contribution in [0.5, 0.6) is 0 Å². The molecule has 4 N–H and O–H groups in total. The quantitative estimate of drug-likeness (QED) is 0.491. The average molecular weight is 450 g/mol. The van der Waals surface area contributed by atoms with Crippen molar-refractivity contribution in [1.82, 2.24) is 10.6 Å². The second-order valence-electron chi connectivity index (χ2n) is 6.97. The van der Waals surface area contributed by atoms with E-state index in [-0.39, 0.29) is 17.7 Å². The van der Waals surface area contributed by atoms with E-state index >= 15 is 0 Å². The van der Waals surface area contributed by atoms with Crippen molar-refractivity contribution >= 4 is 27.6 Å². The van der Waals surface area contributed by atoms with Gasteiger partial charge >= 0.3 is 0 Å². The van der Waals surface area contributed by atoms with Crippen LogP contribution in [0.1, 0.15) is 18.9 Å². The topological polar surface area (TPSA) is 135 Å². The van der Waals surface area contributed by atoms with E-state index in [4.69, 9.17) is 5.73 Å². The first kappa shape index (κ1) is 24.0. The van der Waals surface area contributed by atoms with Gasteiger partial charge in [0, 0.05) is 13.3 Å². The van der Waals surface area contributed by atoms with Crippen molar-refractivity contribution in [3.63, 3.8) is 0 Å². The number of halogens is 1. The van der Waals surface area contributed by atoms with Gasteiger partial charge in [-0.05, 0) is 36.2 Å². The third-order valence-electron chi connectivity index (χ3n) is 4.48. The minimum absolute atomic E-state index is 0.0412. The highest BCUT2D eigenvalue weighted by Gasteiger charge is 2.27. The number of primary amides is 1. The molecule has 0 heterocycles. The van der Waals surface area contributed by atoms with E-state index in [1.165, 1.54) is 43.3 Å². The Kier molecular flexibility index (Phi) is 8.26. The lowest BCUT2D eigenvalue weighted by molar-refractivity contribution is -0.130. The van der Waals surface area contributed by atoms with Gasteiger partial charge in [0.05, 0.1) is 10.6 Å². The van der Waals surface area contributed by atoms with Gasteiger partial charge in [-0.3, -0.25) is 14.4 Å². The van der Waals surface area contributed by atoms with Crippen LogP contribution in [0.2, 0.25) is 0 Å². The SMILES string of the molecule is CC(=O)N[C@@H](Cc1ccc(F)cc1)C(=O)N[C@@H](CCS(=O)(=O)c1ccccc1)C(N)=O. The molecule has 2 aromatic carbocycles. The zero-order valence-electron chi connectivity index (χ0n) is 16.9. The van der Waals surface area contributed by atoms with Gasteiger partial charge in [-0.1, -0.05) is 30.3 Å². The molecule has 31 heavy (non-hydrogen) atoms. The zero-order valence-corrected chi connectivity index (χ0v) is 17.7. The van der Waals surface area contributed by atoms with Gasteiger partial charge in [0.2, 0.25) is 17.7 Å². The van der Waals surface area contributed by atoms with Crippen LogP contribution >= 0.6 is 0 Å². The minimum atomic E-state index is -3.68. The fraction of sp³-hybridized carbons (Fsp3) is 0.286. The number of sulfone groups is 1. The van der Waals surface area contributed by atoms with Crippen molar-refractivity contribution in [2.24, 2.45) is 5.73 Å². The number of nitrogens with one attached hydrogen (secondary N) is 2. The lowest BCUT2D eigenvalue weighted by Gasteiger charge is -2.21. The van der Waals surface area contributed by atoms with E-state index in [0.29, 0.717) is 5.56 Å². The summed E-state index contributed by atoms with van der Waals surface area (Å²) in [6.45, 7) is 1.23. The van der Waals surface area contributed by atoms with Crippen LogP contribution in [0.4, 0.5) is 4.39 Å². The molecule has 0 saturated heterocycles. The van der Waals surface area contributed by atoms with E-state index < -0.39 is 51.2 Å². The maximum Gasteiger partial charge on any atom is 0.243 e. The van der Waals surface area contributed by atoms with E-state index in [1.54, 1.807) is 18.2 Å². The summed E-state index contributed by atoms with van der Waals surface area (Å²) in [4.78, 5) is 36.1. The van der Waals surface area contributed by atoms with Crippen molar-refractivity contribution in [3.8, 4) is 0 Å². The lowest BCUT2D eigenvalue weighted by atomic mass is 10.0. The van der Waals surface area contributed by atoms with Crippen LogP contribution in [0, 0.1) is 5.82 Å². The number of rotatable bonds is 10. The van der Waals surface area contributed by atoms with Crippen LogP contribution in [0.25, 0.3) is 0 Å². The first-order chi connectivity index (χ1) is 14.6. The Bertz CT molecular complexity index is 1030. The first-order valence-electron chi connectivity index (χ1n) is 9.47. The Balaban J connectivity index is 2.09. The van der Waals surface area contributed by atoms with E-state index in [2.05, 4.69) is 10.6 Å². The monoisotopic (exact) mass is 449 g/mol. The van der Waals surface area contributed by atoms with Crippen LogP contribution in [0.15, 0.2) is 59.5 Å². The molecule has 8 nitrogen and oxygen atoms in total. The number of carbonyl (C=O) groups is 3. The molecule has 166 valence electrons. The number of hydrogen-bond acceptors (Lipinski definition) is 5. The molecule has 0 aromatic heterocycles. The smallest absolute Gasteiger partial charge is 0.243 e. The molecule has 0 bridgehead atoms. The van der Waals surface area contributed by atoms with Gasteiger partial charge in [-0.25, -0.2) is 12.8 Å². The van der Waals surface area contributed by atoms with Crippen molar-refractivity contribution in [2.75, 3.05) is 5.75 Å². The Morgan fingerprint density at radius 1 is 0.968 bits per heavy atom. The summed E-state index contributed by atoms with van der Waals surface area (Å²) in [7, 11) is -3.68. The molecule has 0 spiro atoms. The molecule has 2 atom stereocenters. The van der Waals surface area contributed by atoms with Gasteiger partial charge in [-0.15, -0.1) is 0 Å². The summed E-state index contributed by atoms with van der Waals surface area (Å²) in [6, 6.07) is 10.8. The lowest BCUT2D eigenvalue weighted by Crippen LogP contribution is -2.53. The van der Waals surface area contributed by atoms with Gasteiger partial charge in [0.15, 0.2) is 9.84 Å². The Hall–Kier alpha value is -3.27. The van der Waals surface area contributed by atoms with Gasteiger partial charge in [0.25, 0.3) is 0 Å². The van der Waals surface area contributed by atoms with Crippen LogP contribution in [0.3, 0.4) is 0 Å². The third-order valence-corrected chi connectivity index (χ3v) is 6.25. The summed E-state index contributed by atoms with van der Waals surface area (Å²) < 4.78 is 38.0. The summed E-state index contributed by atoms with van der Waals surface area (Å²) in [5, 5.41) is 4.88. The highest BCUT2D eigenvalue weighted by Crippen LogP contribution is 2.12. The first-order valence-corrected chi connectivity index (χ1v) is 11.1. The maximum atomic E-state index is 13.1. The van der Waals surface area contributed by atoms with E-state index in [1.807, 2.05) is 0 Å². The molecular formula is C21H24FN3O5S. The number of hydrogen-bond donors (Lipinski definition) is 3. The summed E-state index contributed by atoms with van der Waals surface area (Å²) in [5.41, 5.74) is 5.93. The van der Waals surface area contributed by atoms with E-state index in [9.17, 15) is 27.2 Å². The predicted octanol–water partition coefficient (Wildman–Crippen LogP) is 0.707. The average Bonchev–Trinajstić information content (AvgIpc) is 2.72. The Morgan fingerprint density at radius 3 is 2.13 bits per heavy atom. The molecule has 2 aromatic rings. The molecule has 0 fully saturated rings. The molecule has 2 rings (SSSR count). The summed E-state index contributed by atoms with van der Waals surface area (Å²) in [5.74, 6) is -2.95. The Labute approximate surface area is 179 Å². The molecule has 10 heteroatoms. The predicted molar refractivity (Wildman–Crippen MR) is 112 cm³/mol. The highest BCUT2D eigenvalue weighted by molar-refractivity contribution is 7.91. The molecule has 0 aliphatic carbocycles. The maximum absolute atomic E-state index is 13.1. The number of carbonyl (C=O) groups excluding carboxylic acids is 3. The number of nitrogens with two attached hydrogens (primary N) is 1. The Morgan fingerprint density at radius 2 is 1.58 bits per heavy atom. The van der Waals surface area contributed by atoms with Crippen LogP contribution < -0.4 is 16.4 Å². The number of benzene rings is 2. The molecule has 0 unspecified atom stereocenters. The standard InChI is InChI=1S/C21H24FN3O5S/c1-14(26)24-19(13-15-7-9-16(22)10-8-15)21(28)25-18(20(23)27)11-12-31(29,30)17-5-3-2-4-6-17/h2-10,18-19H,11-13H2,1H3,(H2,23,27)(H,24,26)(H,25,28)/t18-,19-/m0/s1. The zero-order chi connectivity index (χ0) is 23.0.